The molecule has 0 aromatic heterocycles. The van der Waals surface area contributed by atoms with Gasteiger partial charge in [-0.25, -0.2) is 4.79 Å². The molecule has 0 fully saturated rings. The largest absolute Gasteiger partial charge is 1.00 e. The number of carbonyl (C=O) groups is 1. The molecule has 0 saturated heterocycles. The van der Waals surface area contributed by atoms with E-state index >= 15 is 0 Å². The van der Waals surface area contributed by atoms with Crippen molar-refractivity contribution in [3.63, 3.8) is 0 Å². The van der Waals surface area contributed by atoms with E-state index < -0.39 is 5.60 Å². The molecule has 0 bridgehead atoms. The molecule has 1 rings (SSSR count). The molecule has 0 spiro atoms. The second-order valence-electron chi connectivity index (χ2n) is 5.14. The van der Waals surface area contributed by atoms with Gasteiger partial charge in [-0.1, -0.05) is 6.07 Å². The van der Waals surface area contributed by atoms with Crippen LogP contribution in [-0.4, -0.2) is 36.9 Å². The summed E-state index contributed by atoms with van der Waals surface area (Å²) >= 11 is 0. The van der Waals surface area contributed by atoms with Crippen LogP contribution < -0.4 is 56.1 Å². The molecule has 6 heteroatoms. The van der Waals surface area contributed by atoms with Crippen LogP contribution in [0.4, 0.5) is 0 Å². The maximum absolute atomic E-state index is 11.2. The second-order valence-corrected chi connectivity index (χ2v) is 5.14. The third-order valence-electron chi connectivity index (χ3n) is 1.84. The second kappa shape index (κ2) is 12.6. The average Bonchev–Trinajstić information content (AvgIpc) is 2.36. The fourth-order valence-corrected chi connectivity index (χ4v) is 1.09. The van der Waals surface area contributed by atoms with E-state index in [1.165, 1.54) is 7.11 Å². The van der Waals surface area contributed by atoms with Gasteiger partial charge < -0.3 is 20.3 Å². The topological polar surface area (TPSA) is 79.6 Å². The maximum Gasteiger partial charge on any atom is 1.00 e. The Hall–Kier alpha value is 0.0464. The minimum absolute atomic E-state index is 0. The number of methoxy groups -OCH3 is 1. The van der Waals surface area contributed by atoms with Gasteiger partial charge in [-0.2, -0.15) is 0 Å². The fourth-order valence-electron chi connectivity index (χ4n) is 1.09. The van der Waals surface area contributed by atoms with Crippen molar-refractivity contribution in [1.29, 1.82) is 0 Å². The number of nitrogens with one attached hydrogen (secondary N) is 1. The zero-order valence-electron chi connectivity index (χ0n) is 13.6. The number of ether oxygens (including phenoxy) is 2. The summed E-state index contributed by atoms with van der Waals surface area (Å²) < 4.78 is 9.95. The Kier molecular flexibility index (Phi) is 14.0. The van der Waals surface area contributed by atoms with Crippen LogP contribution in [0.2, 0.25) is 0 Å². The van der Waals surface area contributed by atoms with E-state index in [9.17, 15) is 4.79 Å². The smallest absolute Gasteiger partial charge is 0.677 e. The first-order chi connectivity index (χ1) is 9.27. The Balaban J connectivity index is 0. The first-order valence-corrected chi connectivity index (χ1v) is 6.46. The summed E-state index contributed by atoms with van der Waals surface area (Å²) in [6.07, 6.45) is 0.683. The standard InChI is InChI=1S/C11H14NO3.C4H10O.K/c1-14-11(13)9-4-2-5-10(8-9)15-7-3-6-12;1-4(2,3)5;/h2,4-5,8,12H,3,6-7H2,1H3;5H,1-3H3;/q-1;;+1. The van der Waals surface area contributed by atoms with Crippen LogP contribution in [0.5, 0.6) is 5.75 Å². The molecule has 0 amide bonds. The molecule has 21 heavy (non-hydrogen) atoms. The van der Waals surface area contributed by atoms with Gasteiger partial charge in [-0.3, -0.25) is 0 Å². The molecule has 1 aromatic carbocycles. The van der Waals surface area contributed by atoms with Gasteiger partial charge in [0.25, 0.3) is 0 Å². The van der Waals surface area contributed by atoms with Crippen molar-refractivity contribution in [3.05, 3.63) is 35.6 Å². The molecule has 0 heterocycles. The molecule has 5 nitrogen and oxygen atoms in total. The molecule has 0 unspecified atom stereocenters. The maximum atomic E-state index is 11.2. The molecular formula is C15H24KNO4. The molecule has 0 saturated carbocycles. The van der Waals surface area contributed by atoms with Crippen molar-refractivity contribution in [2.75, 3.05) is 20.3 Å². The number of hydrogen-bond donors (Lipinski definition) is 1. The number of carbonyl (C=O) groups excluding carboxylic acids is 1. The Morgan fingerprint density at radius 1 is 1.33 bits per heavy atom. The molecular weight excluding hydrogens is 297 g/mol. The summed E-state index contributed by atoms with van der Waals surface area (Å²) in [5.41, 5.74) is 6.93. The first kappa shape index (κ1) is 23.3. The van der Waals surface area contributed by atoms with Gasteiger partial charge in [0.15, 0.2) is 0 Å². The van der Waals surface area contributed by atoms with Crippen molar-refractivity contribution in [1.82, 2.24) is 0 Å². The number of benzene rings is 1. The molecule has 1 aromatic rings. The van der Waals surface area contributed by atoms with Gasteiger partial charge in [0.1, 0.15) is 5.75 Å². The number of esters is 1. The van der Waals surface area contributed by atoms with Gasteiger partial charge in [0.05, 0.1) is 24.9 Å². The van der Waals surface area contributed by atoms with E-state index in [1.54, 1.807) is 45.0 Å². The third-order valence-corrected chi connectivity index (χ3v) is 1.84. The normalized spacial score (nSPS) is 9.81. The zero-order valence-corrected chi connectivity index (χ0v) is 16.7. The van der Waals surface area contributed by atoms with Gasteiger partial charge in [0.2, 0.25) is 0 Å². The van der Waals surface area contributed by atoms with Crippen molar-refractivity contribution < 1.29 is 70.8 Å². The summed E-state index contributed by atoms with van der Waals surface area (Å²) in [5.74, 6) is 0.257. The van der Waals surface area contributed by atoms with E-state index in [0.29, 0.717) is 30.9 Å². The van der Waals surface area contributed by atoms with Crippen molar-refractivity contribution in [3.8, 4) is 5.75 Å². The van der Waals surface area contributed by atoms with Crippen LogP contribution >= 0.6 is 0 Å². The van der Waals surface area contributed by atoms with E-state index in [-0.39, 0.29) is 57.4 Å². The van der Waals surface area contributed by atoms with Crippen molar-refractivity contribution in [2.24, 2.45) is 0 Å². The molecule has 2 N–H and O–H groups in total. The average molecular weight is 321 g/mol. The Morgan fingerprint density at radius 3 is 2.38 bits per heavy atom. The monoisotopic (exact) mass is 321 g/mol. The van der Waals surface area contributed by atoms with E-state index in [1.807, 2.05) is 0 Å². The van der Waals surface area contributed by atoms with Crippen molar-refractivity contribution in [2.45, 2.75) is 32.8 Å². The molecule has 114 valence electrons. The Morgan fingerprint density at radius 2 is 1.90 bits per heavy atom. The van der Waals surface area contributed by atoms with Crippen LogP contribution in [0.15, 0.2) is 24.3 Å². The quantitative estimate of drug-likeness (QED) is 0.473. The van der Waals surface area contributed by atoms with Gasteiger partial charge in [-0.15, -0.1) is 6.54 Å². The van der Waals surface area contributed by atoms with Crippen LogP contribution in [0.1, 0.15) is 37.6 Å². The SMILES string of the molecule is CC(C)(C)O.COC(=O)c1cccc(OCCC[NH-])c1.[K+]. The summed E-state index contributed by atoms with van der Waals surface area (Å²) in [6, 6.07) is 6.82. The van der Waals surface area contributed by atoms with Crippen LogP contribution in [-0.2, 0) is 4.74 Å². The van der Waals surface area contributed by atoms with Crippen LogP contribution in [0.25, 0.3) is 5.73 Å². The Bertz CT molecular complexity index is 399. The van der Waals surface area contributed by atoms with Crippen LogP contribution in [0.3, 0.4) is 0 Å². The molecule has 0 radical (unpaired) electrons. The van der Waals surface area contributed by atoms with E-state index in [2.05, 4.69) is 4.74 Å². The molecule has 0 aliphatic rings. The van der Waals surface area contributed by atoms with Gasteiger partial charge in [-0.05, 0) is 45.4 Å². The van der Waals surface area contributed by atoms with E-state index in [0.717, 1.165) is 0 Å². The predicted octanol–water partition coefficient (Wildman–Crippen LogP) is 0.0755. The summed E-state index contributed by atoms with van der Waals surface area (Å²) in [5, 5.41) is 8.52. The van der Waals surface area contributed by atoms with E-state index in [4.69, 9.17) is 15.6 Å². The fraction of sp³-hybridized carbons (Fsp3) is 0.533. The zero-order chi connectivity index (χ0) is 15.6. The third kappa shape index (κ3) is 14.7. The van der Waals surface area contributed by atoms with Gasteiger partial charge in [0, 0.05) is 0 Å². The predicted molar refractivity (Wildman–Crippen MR) is 79.1 cm³/mol. The number of aliphatic hydroxyl groups is 1. The summed E-state index contributed by atoms with van der Waals surface area (Å²) in [6.45, 7) is 6.07. The first-order valence-electron chi connectivity index (χ1n) is 6.46. The number of hydrogen-bond acceptors (Lipinski definition) is 4. The molecule has 0 aliphatic carbocycles. The van der Waals surface area contributed by atoms with Crippen molar-refractivity contribution >= 4 is 5.97 Å². The number of rotatable bonds is 5. The molecule has 0 aliphatic heterocycles. The summed E-state index contributed by atoms with van der Waals surface area (Å²) in [4.78, 5) is 11.2. The van der Waals surface area contributed by atoms with Gasteiger partial charge >= 0.3 is 57.4 Å². The minimum Gasteiger partial charge on any atom is -0.677 e. The molecule has 0 atom stereocenters. The minimum atomic E-state index is -0.500. The Labute approximate surface area is 169 Å². The summed E-state index contributed by atoms with van der Waals surface area (Å²) in [7, 11) is 1.34. The van der Waals surface area contributed by atoms with Crippen LogP contribution in [0, 0.1) is 0 Å².